The number of nitrogen functional groups attached to an aromatic ring is 1. The van der Waals surface area contributed by atoms with Crippen LogP contribution in [0.1, 0.15) is 15.9 Å². The first-order valence-corrected chi connectivity index (χ1v) is 6.85. The van der Waals surface area contributed by atoms with E-state index in [0.717, 1.165) is 0 Å². The number of carbonyl (C=O) groups is 1. The van der Waals surface area contributed by atoms with Crippen LogP contribution < -0.4 is 10.5 Å². The SMILES string of the molecule is COc1cccc(N)c1C(=O)OCc1ccc(Br)cc1F. The van der Waals surface area contributed by atoms with Crippen molar-refractivity contribution in [3.05, 3.63) is 57.8 Å². The summed E-state index contributed by atoms with van der Waals surface area (Å²) in [6.45, 7) is -0.185. The molecule has 21 heavy (non-hydrogen) atoms. The first-order valence-electron chi connectivity index (χ1n) is 6.06. The van der Waals surface area contributed by atoms with Crippen LogP contribution in [0.4, 0.5) is 10.1 Å². The van der Waals surface area contributed by atoms with Crippen molar-refractivity contribution in [3.8, 4) is 5.75 Å². The summed E-state index contributed by atoms with van der Waals surface area (Å²) in [5.41, 5.74) is 6.42. The number of anilines is 1. The van der Waals surface area contributed by atoms with Crippen LogP contribution in [0.15, 0.2) is 40.9 Å². The van der Waals surface area contributed by atoms with E-state index in [-0.39, 0.29) is 23.4 Å². The molecule has 2 aromatic carbocycles. The maximum absolute atomic E-state index is 13.7. The lowest BCUT2D eigenvalue weighted by Gasteiger charge is -2.11. The predicted molar refractivity (Wildman–Crippen MR) is 80.6 cm³/mol. The van der Waals surface area contributed by atoms with E-state index in [1.165, 1.54) is 19.2 Å². The van der Waals surface area contributed by atoms with Crippen LogP contribution in [0.3, 0.4) is 0 Å². The fourth-order valence-corrected chi connectivity index (χ4v) is 2.12. The molecule has 0 aliphatic heterocycles. The lowest BCUT2D eigenvalue weighted by Crippen LogP contribution is -2.10. The van der Waals surface area contributed by atoms with Gasteiger partial charge in [-0.05, 0) is 24.3 Å². The van der Waals surface area contributed by atoms with Crippen molar-refractivity contribution in [1.82, 2.24) is 0 Å². The van der Waals surface area contributed by atoms with Gasteiger partial charge in [-0.25, -0.2) is 9.18 Å². The van der Waals surface area contributed by atoms with Gasteiger partial charge in [-0.3, -0.25) is 0 Å². The number of benzene rings is 2. The minimum atomic E-state index is -0.660. The van der Waals surface area contributed by atoms with Gasteiger partial charge in [-0.2, -0.15) is 0 Å². The van der Waals surface area contributed by atoms with E-state index >= 15 is 0 Å². The lowest BCUT2D eigenvalue weighted by atomic mass is 10.1. The van der Waals surface area contributed by atoms with Crippen LogP contribution in [-0.2, 0) is 11.3 Å². The molecule has 6 heteroatoms. The standard InChI is InChI=1S/C15H13BrFNO3/c1-20-13-4-2-3-12(18)14(13)15(19)21-8-9-5-6-10(16)7-11(9)17/h2-7H,8,18H2,1H3. The van der Waals surface area contributed by atoms with Gasteiger partial charge < -0.3 is 15.2 Å². The van der Waals surface area contributed by atoms with E-state index in [4.69, 9.17) is 15.2 Å². The number of ether oxygens (including phenoxy) is 2. The van der Waals surface area contributed by atoms with Crippen molar-refractivity contribution in [2.24, 2.45) is 0 Å². The summed E-state index contributed by atoms with van der Waals surface area (Å²) in [6, 6.07) is 9.36. The molecule has 0 fully saturated rings. The normalized spacial score (nSPS) is 10.2. The van der Waals surface area contributed by atoms with Gasteiger partial charge in [0.1, 0.15) is 23.7 Å². The van der Waals surface area contributed by atoms with E-state index in [9.17, 15) is 9.18 Å². The highest BCUT2D eigenvalue weighted by Gasteiger charge is 2.18. The molecular weight excluding hydrogens is 341 g/mol. The zero-order valence-corrected chi connectivity index (χ0v) is 12.8. The molecule has 0 aliphatic rings. The summed E-state index contributed by atoms with van der Waals surface area (Å²) >= 11 is 3.16. The molecule has 0 spiro atoms. The van der Waals surface area contributed by atoms with E-state index in [2.05, 4.69) is 15.9 Å². The molecule has 0 heterocycles. The highest BCUT2D eigenvalue weighted by atomic mass is 79.9. The number of carbonyl (C=O) groups excluding carboxylic acids is 1. The summed E-state index contributed by atoms with van der Waals surface area (Å²) in [5, 5.41) is 0. The zero-order chi connectivity index (χ0) is 15.4. The maximum atomic E-state index is 13.7. The minimum Gasteiger partial charge on any atom is -0.496 e. The molecule has 0 bridgehead atoms. The van der Waals surface area contributed by atoms with Crippen molar-refractivity contribution < 1.29 is 18.7 Å². The first-order chi connectivity index (χ1) is 10.0. The van der Waals surface area contributed by atoms with Crippen LogP contribution in [0.25, 0.3) is 0 Å². The fraction of sp³-hybridized carbons (Fsp3) is 0.133. The van der Waals surface area contributed by atoms with Gasteiger partial charge in [-0.1, -0.05) is 28.1 Å². The molecule has 0 atom stereocenters. The third kappa shape index (κ3) is 3.52. The predicted octanol–water partition coefficient (Wildman–Crippen LogP) is 3.54. The Bertz CT molecular complexity index is 676. The summed E-state index contributed by atoms with van der Waals surface area (Å²) in [5.74, 6) is -0.797. The van der Waals surface area contributed by atoms with Crippen molar-refractivity contribution in [2.45, 2.75) is 6.61 Å². The Balaban J connectivity index is 2.16. The Labute approximate surface area is 129 Å². The third-order valence-electron chi connectivity index (χ3n) is 2.86. The second-order valence-corrected chi connectivity index (χ2v) is 5.15. The Morgan fingerprint density at radius 2 is 2.10 bits per heavy atom. The van der Waals surface area contributed by atoms with Gasteiger partial charge in [-0.15, -0.1) is 0 Å². The van der Waals surface area contributed by atoms with E-state index < -0.39 is 11.8 Å². The number of nitrogens with two attached hydrogens (primary N) is 1. The molecule has 0 saturated heterocycles. The van der Waals surface area contributed by atoms with Crippen LogP contribution in [0.2, 0.25) is 0 Å². The molecule has 2 aromatic rings. The second kappa shape index (κ2) is 6.58. The van der Waals surface area contributed by atoms with Gasteiger partial charge in [0.05, 0.1) is 7.11 Å². The monoisotopic (exact) mass is 353 g/mol. The van der Waals surface area contributed by atoms with Crippen LogP contribution in [0, 0.1) is 5.82 Å². The minimum absolute atomic E-state index is 0.137. The summed E-state index contributed by atoms with van der Waals surface area (Å²) in [4.78, 5) is 12.1. The Kier molecular flexibility index (Phi) is 4.80. The largest absolute Gasteiger partial charge is 0.496 e. The van der Waals surface area contributed by atoms with Crippen molar-refractivity contribution in [2.75, 3.05) is 12.8 Å². The molecule has 2 rings (SSSR count). The highest BCUT2D eigenvalue weighted by Crippen LogP contribution is 2.25. The molecular formula is C15H13BrFNO3. The van der Waals surface area contributed by atoms with Crippen LogP contribution in [0.5, 0.6) is 5.75 Å². The first kappa shape index (κ1) is 15.3. The molecule has 0 aromatic heterocycles. The van der Waals surface area contributed by atoms with E-state index in [1.54, 1.807) is 24.3 Å². The van der Waals surface area contributed by atoms with Gasteiger partial charge in [0.25, 0.3) is 0 Å². The second-order valence-electron chi connectivity index (χ2n) is 4.24. The Morgan fingerprint density at radius 3 is 2.76 bits per heavy atom. The number of hydrogen-bond acceptors (Lipinski definition) is 4. The molecule has 0 radical (unpaired) electrons. The molecule has 0 saturated carbocycles. The van der Waals surface area contributed by atoms with Crippen molar-refractivity contribution in [1.29, 1.82) is 0 Å². The molecule has 110 valence electrons. The van der Waals surface area contributed by atoms with Gasteiger partial charge in [0.15, 0.2) is 0 Å². The van der Waals surface area contributed by atoms with Crippen LogP contribution in [-0.4, -0.2) is 13.1 Å². The highest BCUT2D eigenvalue weighted by molar-refractivity contribution is 9.10. The lowest BCUT2D eigenvalue weighted by molar-refractivity contribution is 0.0466. The van der Waals surface area contributed by atoms with E-state index in [1.807, 2.05) is 0 Å². The number of esters is 1. The molecule has 2 N–H and O–H groups in total. The van der Waals surface area contributed by atoms with Gasteiger partial charge >= 0.3 is 5.97 Å². The Hall–Kier alpha value is -2.08. The van der Waals surface area contributed by atoms with Gasteiger partial charge in [0, 0.05) is 15.7 Å². The average molecular weight is 354 g/mol. The summed E-state index contributed by atoms with van der Waals surface area (Å²) in [7, 11) is 1.43. The number of halogens is 2. The van der Waals surface area contributed by atoms with E-state index in [0.29, 0.717) is 10.2 Å². The average Bonchev–Trinajstić information content (AvgIpc) is 2.45. The number of methoxy groups -OCH3 is 1. The van der Waals surface area contributed by atoms with Crippen LogP contribution >= 0.6 is 15.9 Å². The molecule has 0 amide bonds. The summed E-state index contributed by atoms with van der Waals surface area (Å²) < 4.78 is 24.5. The third-order valence-corrected chi connectivity index (χ3v) is 3.35. The molecule has 0 aliphatic carbocycles. The number of hydrogen-bond donors (Lipinski definition) is 1. The quantitative estimate of drug-likeness (QED) is 0.674. The zero-order valence-electron chi connectivity index (χ0n) is 11.2. The maximum Gasteiger partial charge on any atom is 0.344 e. The topological polar surface area (TPSA) is 61.5 Å². The molecule has 0 unspecified atom stereocenters. The fourth-order valence-electron chi connectivity index (χ4n) is 1.79. The Morgan fingerprint density at radius 1 is 1.33 bits per heavy atom. The van der Waals surface area contributed by atoms with Gasteiger partial charge in [0.2, 0.25) is 0 Å². The summed E-state index contributed by atoms with van der Waals surface area (Å²) in [6.07, 6.45) is 0. The van der Waals surface area contributed by atoms with Crippen molar-refractivity contribution >= 4 is 27.6 Å². The smallest absolute Gasteiger partial charge is 0.344 e. The number of rotatable bonds is 4. The van der Waals surface area contributed by atoms with Crippen molar-refractivity contribution in [3.63, 3.8) is 0 Å². The molecule has 4 nitrogen and oxygen atoms in total.